The lowest BCUT2D eigenvalue weighted by Gasteiger charge is -2.34. The minimum absolute atomic E-state index is 0.870. The molecule has 0 radical (unpaired) electrons. The largest absolute Gasteiger partial charge is 0.311 e. The van der Waals surface area contributed by atoms with Gasteiger partial charge in [0.2, 0.25) is 0 Å². The number of hydrogen-bond donors (Lipinski definition) is 1. The molecule has 0 aromatic carbocycles. The van der Waals surface area contributed by atoms with Crippen molar-refractivity contribution < 1.29 is 0 Å². The average molecular weight is 139 g/mol. The van der Waals surface area contributed by atoms with Gasteiger partial charge in [0.15, 0.2) is 0 Å². The van der Waals surface area contributed by atoms with Crippen LogP contribution < -0.4 is 5.32 Å². The van der Waals surface area contributed by atoms with Crippen LogP contribution in [0.3, 0.4) is 0 Å². The van der Waals surface area contributed by atoms with Gasteiger partial charge in [-0.2, -0.15) is 0 Å². The molecular formula is C9H17N. The van der Waals surface area contributed by atoms with Crippen LogP contribution in [0.5, 0.6) is 0 Å². The predicted molar refractivity (Wildman–Crippen MR) is 42.9 cm³/mol. The van der Waals surface area contributed by atoms with E-state index in [0.717, 1.165) is 23.9 Å². The maximum atomic E-state index is 3.69. The Kier molecular flexibility index (Phi) is 1.48. The van der Waals surface area contributed by atoms with Crippen LogP contribution >= 0.6 is 0 Å². The molecule has 58 valence electrons. The molecule has 2 aliphatic rings. The zero-order valence-electron chi connectivity index (χ0n) is 6.93. The highest BCUT2D eigenvalue weighted by molar-refractivity contribution is 4.95. The van der Waals surface area contributed by atoms with Crippen molar-refractivity contribution in [2.45, 2.75) is 45.2 Å². The third kappa shape index (κ3) is 1.07. The molecule has 1 heteroatoms. The van der Waals surface area contributed by atoms with Gasteiger partial charge in [0.1, 0.15) is 0 Å². The van der Waals surface area contributed by atoms with E-state index in [4.69, 9.17) is 0 Å². The Morgan fingerprint density at radius 1 is 1.00 bits per heavy atom. The molecule has 10 heavy (non-hydrogen) atoms. The molecule has 0 aromatic rings. The Hall–Kier alpha value is -0.0400. The smallest absolute Gasteiger partial charge is 0.00990 e. The van der Waals surface area contributed by atoms with Gasteiger partial charge in [-0.3, -0.25) is 0 Å². The molecule has 2 rings (SSSR count). The standard InChI is InChI=1S/C9H17N/c1-6-3-4-8(6)10-9-5-7(9)2/h6-10H,3-5H2,1-2H3. The third-order valence-electron chi connectivity index (χ3n) is 3.16. The molecule has 0 aliphatic heterocycles. The third-order valence-corrected chi connectivity index (χ3v) is 3.16. The van der Waals surface area contributed by atoms with Crippen LogP contribution in [0.25, 0.3) is 0 Å². The van der Waals surface area contributed by atoms with E-state index < -0.39 is 0 Å². The van der Waals surface area contributed by atoms with Crippen LogP contribution in [0.2, 0.25) is 0 Å². The molecule has 1 nitrogen and oxygen atoms in total. The molecule has 2 saturated carbocycles. The lowest BCUT2D eigenvalue weighted by Crippen LogP contribution is -2.43. The summed E-state index contributed by atoms with van der Waals surface area (Å²) < 4.78 is 0. The summed E-state index contributed by atoms with van der Waals surface area (Å²) in [6.07, 6.45) is 4.28. The van der Waals surface area contributed by atoms with Crippen LogP contribution in [0.1, 0.15) is 33.1 Å². The van der Waals surface area contributed by atoms with E-state index in [9.17, 15) is 0 Å². The number of nitrogens with one attached hydrogen (secondary N) is 1. The summed E-state index contributed by atoms with van der Waals surface area (Å²) in [6.45, 7) is 4.69. The summed E-state index contributed by atoms with van der Waals surface area (Å²) in [5.41, 5.74) is 0. The fourth-order valence-corrected chi connectivity index (χ4v) is 1.74. The zero-order chi connectivity index (χ0) is 7.14. The predicted octanol–water partition coefficient (Wildman–Crippen LogP) is 1.78. The van der Waals surface area contributed by atoms with Gasteiger partial charge >= 0.3 is 0 Å². The van der Waals surface area contributed by atoms with Gasteiger partial charge in [0, 0.05) is 12.1 Å². The van der Waals surface area contributed by atoms with Gasteiger partial charge in [0.25, 0.3) is 0 Å². The fraction of sp³-hybridized carbons (Fsp3) is 1.00. The normalized spacial score (nSPS) is 52.2. The van der Waals surface area contributed by atoms with Crippen molar-refractivity contribution in [3.63, 3.8) is 0 Å². The second-order valence-electron chi connectivity index (χ2n) is 4.15. The molecule has 4 unspecified atom stereocenters. The molecule has 0 heterocycles. The second-order valence-corrected chi connectivity index (χ2v) is 4.15. The first-order chi connectivity index (χ1) is 4.77. The summed E-state index contributed by atoms with van der Waals surface area (Å²) in [5.74, 6) is 1.92. The summed E-state index contributed by atoms with van der Waals surface area (Å²) in [7, 11) is 0. The van der Waals surface area contributed by atoms with E-state index in [-0.39, 0.29) is 0 Å². The number of hydrogen-bond acceptors (Lipinski definition) is 1. The molecule has 0 bridgehead atoms. The highest BCUT2D eigenvalue weighted by Gasteiger charge is 2.37. The highest BCUT2D eigenvalue weighted by atomic mass is 15.0. The molecule has 0 aromatic heterocycles. The van der Waals surface area contributed by atoms with Gasteiger partial charge in [-0.1, -0.05) is 13.8 Å². The Bertz CT molecular complexity index is 133. The fourth-order valence-electron chi connectivity index (χ4n) is 1.74. The molecule has 1 N–H and O–H groups in total. The second kappa shape index (κ2) is 2.23. The van der Waals surface area contributed by atoms with Crippen LogP contribution in [-0.4, -0.2) is 12.1 Å². The van der Waals surface area contributed by atoms with Crippen molar-refractivity contribution in [2.75, 3.05) is 0 Å². The Labute approximate surface area is 63.2 Å². The number of rotatable bonds is 2. The van der Waals surface area contributed by atoms with Crippen molar-refractivity contribution in [1.29, 1.82) is 0 Å². The minimum Gasteiger partial charge on any atom is -0.311 e. The minimum atomic E-state index is 0.870. The van der Waals surface area contributed by atoms with E-state index in [1.165, 1.54) is 19.3 Å². The summed E-state index contributed by atoms with van der Waals surface area (Å²) >= 11 is 0. The first kappa shape index (κ1) is 6.66. The van der Waals surface area contributed by atoms with Crippen molar-refractivity contribution in [3.8, 4) is 0 Å². The SMILES string of the molecule is CC1CCC1NC1CC1C. The van der Waals surface area contributed by atoms with Crippen molar-refractivity contribution in [3.05, 3.63) is 0 Å². The molecule has 2 fully saturated rings. The molecular weight excluding hydrogens is 122 g/mol. The Balaban J connectivity index is 1.71. The summed E-state index contributed by atoms with van der Waals surface area (Å²) in [5, 5.41) is 3.69. The van der Waals surface area contributed by atoms with Crippen molar-refractivity contribution in [1.82, 2.24) is 5.32 Å². The van der Waals surface area contributed by atoms with Crippen LogP contribution in [0.15, 0.2) is 0 Å². The van der Waals surface area contributed by atoms with E-state index in [0.29, 0.717) is 0 Å². The first-order valence-electron chi connectivity index (χ1n) is 4.53. The monoisotopic (exact) mass is 139 g/mol. The van der Waals surface area contributed by atoms with E-state index in [1.54, 1.807) is 0 Å². The topological polar surface area (TPSA) is 12.0 Å². The van der Waals surface area contributed by atoms with Crippen LogP contribution in [0, 0.1) is 11.8 Å². The van der Waals surface area contributed by atoms with Gasteiger partial charge in [0.05, 0.1) is 0 Å². The summed E-state index contributed by atoms with van der Waals surface area (Å²) in [4.78, 5) is 0. The van der Waals surface area contributed by atoms with Crippen LogP contribution in [-0.2, 0) is 0 Å². The van der Waals surface area contributed by atoms with Gasteiger partial charge < -0.3 is 5.32 Å². The zero-order valence-corrected chi connectivity index (χ0v) is 6.93. The Morgan fingerprint density at radius 3 is 2.00 bits per heavy atom. The van der Waals surface area contributed by atoms with Gasteiger partial charge in [-0.15, -0.1) is 0 Å². The lowest BCUT2D eigenvalue weighted by atomic mass is 9.81. The van der Waals surface area contributed by atoms with E-state index in [1.807, 2.05) is 0 Å². The first-order valence-corrected chi connectivity index (χ1v) is 4.53. The molecule has 2 aliphatic carbocycles. The molecule has 4 atom stereocenters. The molecule has 0 saturated heterocycles. The van der Waals surface area contributed by atoms with Crippen molar-refractivity contribution >= 4 is 0 Å². The average Bonchev–Trinajstić information content (AvgIpc) is 2.58. The maximum Gasteiger partial charge on any atom is 0.00990 e. The molecule has 0 spiro atoms. The van der Waals surface area contributed by atoms with Gasteiger partial charge in [-0.05, 0) is 31.1 Å². The Morgan fingerprint density at radius 2 is 1.70 bits per heavy atom. The lowest BCUT2D eigenvalue weighted by molar-refractivity contribution is 0.225. The molecule has 0 amide bonds. The van der Waals surface area contributed by atoms with E-state index >= 15 is 0 Å². The van der Waals surface area contributed by atoms with Gasteiger partial charge in [-0.25, -0.2) is 0 Å². The highest BCUT2D eigenvalue weighted by Crippen LogP contribution is 2.34. The maximum absolute atomic E-state index is 3.69. The quantitative estimate of drug-likeness (QED) is 0.615. The van der Waals surface area contributed by atoms with E-state index in [2.05, 4.69) is 19.2 Å². The van der Waals surface area contributed by atoms with Crippen molar-refractivity contribution in [2.24, 2.45) is 11.8 Å². The van der Waals surface area contributed by atoms with Crippen LogP contribution in [0.4, 0.5) is 0 Å². The summed E-state index contributed by atoms with van der Waals surface area (Å²) in [6, 6.07) is 1.75.